The monoisotopic (exact) mass is 395 g/mol. The summed E-state index contributed by atoms with van der Waals surface area (Å²) in [6, 6.07) is 3.57. The third kappa shape index (κ3) is 5.89. The highest BCUT2D eigenvalue weighted by Crippen LogP contribution is 2.36. The summed E-state index contributed by atoms with van der Waals surface area (Å²) in [6.45, 7) is 4.80. The van der Waals surface area contributed by atoms with E-state index in [0.717, 1.165) is 25.8 Å². The Morgan fingerprint density at radius 1 is 1.33 bits per heavy atom. The SMILES string of the molecule is CCOc1c(Cl)cc(/C=C/C(=O)OCC(=O)N2CCCC[C@H]2C)cc1OC. The van der Waals surface area contributed by atoms with Gasteiger partial charge in [-0.25, -0.2) is 4.79 Å². The van der Waals surface area contributed by atoms with E-state index in [1.54, 1.807) is 23.1 Å². The summed E-state index contributed by atoms with van der Waals surface area (Å²) in [5.41, 5.74) is 0.660. The van der Waals surface area contributed by atoms with E-state index in [-0.39, 0.29) is 18.6 Å². The molecular formula is C20H26ClNO5. The molecule has 0 spiro atoms. The molecule has 7 heteroatoms. The average Bonchev–Trinajstić information content (AvgIpc) is 2.66. The van der Waals surface area contributed by atoms with Crippen LogP contribution < -0.4 is 9.47 Å². The molecule has 1 aliphatic rings. The van der Waals surface area contributed by atoms with Crippen molar-refractivity contribution in [2.24, 2.45) is 0 Å². The smallest absolute Gasteiger partial charge is 0.331 e. The lowest BCUT2D eigenvalue weighted by Crippen LogP contribution is -2.44. The van der Waals surface area contributed by atoms with Crippen molar-refractivity contribution in [2.75, 3.05) is 26.9 Å². The topological polar surface area (TPSA) is 65.1 Å². The molecule has 1 saturated heterocycles. The van der Waals surface area contributed by atoms with Gasteiger partial charge in [0.2, 0.25) is 0 Å². The maximum atomic E-state index is 12.2. The van der Waals surface area contributed by atoms with Crippen LogP contribution in [-0.4, -0.2) is 49.7 Å². The van der Waals surface area contributed by atoms with E-state index in [1.807, 2.05) is 13.8 Å². The minimum atomic E-state index is -0.586. The Hall–Kier alpha value is -2.21. The van der Waals surface area contributed by atoms with Crippen molar-refractivity contribution >= 4 is 29.6 Å². The number of nitrogens with zero attached hydrogens (tertiary/aromatic N) is 1. The van der Waals surface area contributed by atoms with Crippen molar-refractivity contribution in [1.29, 1.82) is 0 Å². The molecule has 27 heavy (non-hydrogen) atoms. The van der Waals surface area contributed by atoms with Gasteiger partial charge in [0.25, 0.3) is 5.91 Å². The highest BCUT2D eigenvalue weighted by Gasteiger charge is 2.23. The summed E-state index contributed by atoms with van der Waals surface area (Å²) in [7, 11) is 1.52. The lowest BCUT2D eigenvalue weighted by molar-refractivity contribution is -0.149. The van der Waals surface area contributed by atoms with Gasteiger partial charge >= 0.3 is 5.97 Å². The second-order valence-electron chi connectivity index (χ2n) is 6.34. The van der Waals surface area contributed by atoms with Crippen molar-refractivity contribution < 1.29 is 23.8 Å². The predicted octanol–water partition coefficient (Wildman–Crippen LogP) is 3.70. The van der Waals surface area contributed by atoms with Crippen LogP contribution in [0, 0.1) is 0 Å². The summed E-state index contributed by atoms with van der Waals surface area (Å²) in [6.07, 6.45) is 5.92. The third-order valence-electron chi connectivity index (χ3n) is 4.41. The fraction of sp³-hybridized carbons (Fsp3) is 0.500. The number of ether oxygens (including phenoxy) is 3. The van der Waals surface area contributed by atoms with Crippen LogP contribution in [-0.2, 0) is 14.3 Å². The minimum Gasteiger partial charge on any atom is -0.493 e. The summed E-state index contributed by atoms with van der Waals surface area (Å²) >= 11 is 6.20. The second kappa shape index (κ2) is 10.2. The highest BCUT2D eigenvalue weighted by atomic mass is 35.5. The van der Waals surface area contributed by atoms with Gasteiger partial charge in [0.05, 0.1) is 18.7 Å². The Balaban J connectivity index is 1.94. The van der Waals surface area contributed by atoms with E-state index >= 15 is 0 Å². The van der Waals surface area contributed by atoms with Gasteiger partial charge < -0.3 is 19.1 Å². The number of amides is 1. The zero-order valence-electron chi connectivity index (χ0n) is 16.0. The number of rotatable bonds is 7. The standard InChI is InChI=1S/C20H26ClNO5/c1-4-26-20-16(21)11-15(12-17(20)25-3)8-9-19(24)27-13-18(23)22-10-6-5-7-14(22)2/h8-9,11-12,14H,4-7,10,13H2,1-3H3/b9-8+/t14-/m1/s1. The molecular weight excluding hydrogens is 370 g/mol. The number of halogens is 1. The Kier molecular flexibility index (Phi) is 7.98. The molecule has 0 bridgehead atoms. The largest absolute Gasteiger partial charge is 0.493 e. The molecule has 1 atom stereocenters. The lowest BCUT2D eigenvalue weighted by Gasteiger charge is -2.33. The van der Waals surface area contributed by atoms with Crippen LogP contribution in [0.4, 0.5) is 0 Å². The van der Waals surface area contributed by atoms with E-state index in [2.05, 4.69) is 0 Å². The Morgan fingerprint density at radius 3 is 2.78 bits per heavy atom. The predicted molar refractivity (Wildman–Crippen MR) is 104 cm³/mol. The molecule has 2 rings (SSSR count). The van der Waals surface area contributed by atoms with Gasteiger partial charge in [-0.3, -0.25) is 4.79 Å². The van der Waals surface area contributed by atoms with Gasteiger partial charge in [0, 0.05) is 18.7 Å². The molecule has 0 radical (unpaired) electrons. The van der Waals surface area contributed by atoms with Crippen LogP contribution in [0.2, 0.25) is 5.02 Å². The molecule has 6 nitrogen and oxygen atoms in total. The number of esters is 1. The number of benzene rings is 1. The molecule has 0 N–H and O–H groups in total. The molecule has 1 fully saturated rings. The zero-order chi connectivity index (χ0) is 19.8. The second-order valence-corrected chi connectivity index (χ2v) is 6.75. The summed E-state index contributed by atoms with van der Waals surface area (Å²) in [5, 5.41) is 0.387. The van der Waals surface area contributed by atoms with E-state index < -0.39 is 5.97 Å². The number of hydrogen-bond donors (Lipinski definition) is 0. The first-order chi connectivity index (χ1) is 13.0. The first kappa shape index (κ1) is 21.1. The molecule has 1 aliphatic heterocycles. The van der Waals surface area contributed by atoms with Crippen LogP contribution in [0.25, 0.3) is 6.08 Å². The number of carbonyl (C=O) groups excluding carboxylic acids is 2. The van der Waals surface area contributed by atoms with E-state index in [4.69, 9.17) is 25.8 Å². The average molecular weight is 396 g/mol. The molecule has 0 unspecified atom stereocenters. The van der Waals surface area contributed by atoms with Gasteiger partial charge in [-0.2, -0.15) is 0 Å². The summed E-state index contributed by atoms with van der Waals surface area (Å²) < 4.78 is 15.8. The van der Waals surface area contributed by atoms with Crippen LogP contribution in [0.1, 0.15) is 38.7 Å². The number of hydrogen-bond acceptors (Lipinski definition) is 5. The quantitative estimate of drug-likeness (QED) is 0.520. The fourth-order valence-electron chi connectivity index (χ4n) is 3.02. The first-order valence-electron chi connectivity index (χ1n) is 9.10. The third-order valence-corrected chi connectivity index (χ3v) is 4.69. The van der Waals surface area contributed by atoms with Crippen molar-refractivity contribution in [1.82, 2.24) is 4.90 Å². The number of likely N-dealkylation sites (tertiary alicyclic amines) is 1. The van der Waals surface area contributed by atoms with E-state index in [9.17, 15) is 9.59 Å². The van der Waals surface area contributed by atoms with Gasteiger partial charge in [-0.1, -0.05) is 11.6 Å². The van der Waals surface area contributed by atoms with Gasteiger partial charge in [0.15, 0.2) is 18.1 Å². The molecule has 0 saturated carbocycles. The molecule has 148 valence electrons. The first-order valence-corrected chi connectivity index (χ1v) is 9.48. The lowest BCUT2D eigenvalue weighted by atomic mass is 10.0. The molecule has 1 aromatic carbocycles. The summed E-state index contributed by atoms with van der Waals surface area (Å²) in [5.74, 6) is 0.195. The highest BCUT2D eigenvalue weighted by molar-refractivity contribution is 6.32. The Morgan fingerprint density at radius 2 is 2.11 bits per heavy atom. The molecule has 1 heterocycles. The maximum absolute atomic E-state index is 12.2. The van der Waals surface area contributed by atoms with Crippen LogP contribution >= 0.6 is 11.6 Å². The molecule has 0 aliphatic carbocycles. The maximum Gasteiger partial charge on any atom is 0.331 e. The molecule has 1 amide bonds. The Labute approximate surface area is 165 Å². The van der Waals surface area contributed by atoms with Crippen LogP contribution in [0.5, 0.6) is 11.5 Å². The Bertz CT molecular complexity index is 704. The normalized spacial score (nSPS) is 17.0. The van der Waals surface area contributed by atoms with Crippen LogP contribution in [0.3, 0.4) is 0 Å². The molecule has 0 aromatic heterocycles. The van der Waals surface area contributed by atoms with Crippen molar-refractivity contribution in [3.05, 3.63) is 28.8 Å². The van der Waals surface area contributed by atoms with Gasteiger partial charge in [-0.15, -0.1) is 0 Å². The van der Waals surface area contributed by atoms with E-state index in [1.165, 1.54) is 13.2 Å². The zero-order valence-corrected chi connectivity index (χ0v) is 16.8. The van der Waals surface area contributed by atoms with Gasteiger partial charge in [-0.05, 0) is 56.9 Å². The molecule has 1 aromatic rings. The number of piperidine rings is 1. The van der Waals surface area contributed by atoms with Crippen molar-refractivity contribution in [3.8, 4) is 11.5 Å². The van der Waals surface area contributed by atoms with E-state index in [0.29, 0.717) is 28.7 Å². The fourth-order valence-corrected chi connectivity index (χ4v) is 3.29. The number of methoxy groups -OCH3 is 1. The minimum absolute atomic E-state index is 0.158. The summed E-state index contributed by atoms with van der Waals surface area (Å²) in [4.78, 5) is 25.9. The van der Waals surface area contributed by atoms with Crippen LogP contribution in [0.15, 0.2) is 18.2 Å². The van der Waals surface area contributed by atoms with Gasteiger partial charge in [0.1, 0.15) is 0 Å². The number of carbonyl (C=O) groups is 2. The van der Waals surface area contributed by atoms with Crippen molar-refractivity contribution in [3.63, 3.8) is 0 Å². The van der Waals surface area contributed by atoms with Crippen molar-refractivity contribution in [2.45, 2.75) is 39.2 Å².